The SMILES string of the molecule is COc1cc2c(CCNC(C)=O)c(Br)[nH]c2cc1Br. The van der Waals surface area contributed by atoms with Crippen molar-refractivity contribution in [1.29, 1.82) is 0 Å². The summed E-state index contributed by atoms with van der Waals surface area (Å²) < 4.78 is 7.16. The van der Waals surface area contributed by atoms with Crippen LogP contribution in [0.2, 0.25) is 0 Å². The number of fused-ring (bicyclic) bond motifs is 1. The molecule has 1 aromatic carbocycles. The maximum atomic E-state index is 10.9. The van der Waals surface area contributed by atoms with Gasteiger partial charge in [0.15, 0.2) is 0 Å². The van der Waals surface area contributed by atoms with E-state index >= 15 is 0 Å². The molecule has 0 aliphatic carbocycles. The van der Waals surface area contributed by atoms with E-state index in [0.29, 0.717) is 6.54 Å². The third-order valence-corrected chi connectivity index (χ3v) is 4.17. The molecule has 1 amide bonds. The number of carbonyl (C=O) groups is 1. The molecule has 102 valence electrons. The number of ether oxygens (including phenoxy) is 1. The average molecular weight is 390 g/mol. The predicted octanol–water partition coefficient (Wildman–Crippen LogP) is 3.38. The zero-order valence-corrected chi connectivity index (χ0v) is 13.8. The Morgan fingerprint density at radius 3 is 2.79 bits per heavy atom. The highest BCUT2D eigenvalue weighted by atomic mass is 79.9. The van der Waals surface area contributed by atoms with Crippen LogP contribution in [0.5, 0.6) is 5.75 Å². The molecule has 1 heterocycles. The van der Waals surface area contributed by atoms with Crippen molar-refractivity contribution in [3.63, 3.8) is 0 Å². The molecule has 2 aromatic rings. The van der Waals surface area contributed by atoms with Crippen molar-refractivity contribution in [3.05, 3.63) is 26.8 Å². The van der Waals surface area contributed by atoms with E-state index in [1.807, 2.05) is 12.1 Å². The summed E-state index contributed by atoms with van der Waals surface area (Å²) >= 11 is 6.99. The summed E-state index contributed by atoms with van der Waals surface area (Å²) in [6.45, 7) is 2.13. The number of nitrogens with one attached hydrogen (secondary N) is 2. The van der Waals surface area contributed by atoms with Crippen LogP contribution in [-0.4, -0.2) is 24.5 Å². The second-order valence-corrected chi connectivity index (χ2v) is 5.83. The van der Waals surface area contributed by atoms with E-state index in [9.17, 15) is 4.79 Å². The van der Waals surface area contributed by atoms with Gasteiger partial charge in [-0.1, -0.05) is 0 Å². The zero-order chi connectivity index (χ0) is 14.0. The lowest BCUT2D eigenvalue weighted by Crippen LogP contribution is -2.22. The molecule has 19 heavy (non-hydrogen) atoms. The van der Waals surface area contributed by atoms with Crippen molar-refractivity contribution in [2.75, 3.05) is 13.7 Å². The first-order valence-electron chi connectivity index (χ1n) is 5.81. The van der Waals surface area contributed by atoms with E-state index in [1.54, 1.807) is 7.11 Å². The number of methoxy groups -OCH3 is 1. The minimum atomic E-state index is -0.0173. The quantitative estimate of drug-likeness (QED) is 0.842. The minimum Gasteiger partial charge on any atom is -0.496 e. The smallest absolute Gasteiger partial charge is 0.216 e. The Balaban J connectivity index is 2.36. The molecule has 0 radical (unpaired) electrons. The highest BCUT2D eigenvalue weighted by Gasteiger charge is 2.12. The number of halogens is 2. The number of H-pyrrole nitrogens is 1. The number of aromatic nitrogens is 1. The van der Waals surface area contributed by atoms with Gasteiger partial charge < -0.3 is 15.0 Å². The van der Waals surface area contributed by atoms with Gasteiger partial charge in [0.05, 0.1) is 16.2 Å². The second-order valence-electron chi connectivity index (χ2n) is 4.18. The first kappa shape index (κ1) is 14.4. The molecule has 0 unspecified atom stereocenters. The van der Waals surface area contributed by atoms with E-state index in [0.717, 1.165) is 37.7 Å². The predicted molar refractivity (Wildman–Crippen MR) is 82.6 cm³/mol. The second kappa shape index (κ2) is 5.96. The van der Waals surface area contributed by atoms with Gasteiger partial charge in [0.1, 0.15) is 5.75 Å². The van der Waals surface area contributed by atoms with Gasteiger partial charge >= 0.3 is 0 Å². The topological polar surface area (TPSA) is 54.1 Å². The molecule has 0 aliphatic heterocycles. The van der Waals surface area contributed by atoms with E-state index in [-0.39, 0.29) is 5.91 Å². The maximum Gasteiger partial charge on any atom is 0.216 e. The molecule has 0 saturated carbocycles. The van der Waals surface area contributed by atoms with Crippen molar-refractivity contribution < 1.29 is 9.53 Å². The number of amides is 1. The Morgan fingerprint density at radius 2 is 2.16 bits per heavy atom. The normalized spacial score (nSPS) is 10.7. The molecule has 0 atom stereocenters. The average Bonchev–Trinajstić information content (AvgIpc) is 2.63. The van der Waals surface area contributed by atoms with Gasteiger partial charge in [-0.25, -0.2) is 0 Å². The largest absolute Gasteiger partial charge is 0.496 e. The monoisotopic (exact) mass is 388 g/mol. The number of aromatic amines is 1. The maximum absolute atomic E-state index is 10.9. The van der Waals surface area contributed by atoms with E-state index in [4.69, 9.17) is 4.74 Å². The van der Waals surface area contributed by atoms with Crippen molar-refractivity contribution in [2.24, 2.45) is 0 Å². The number of benzene rings is 1. The fraction of sp³-hybridized carbons (Fsp3) is 0.308. The molecule has 2 rings (SSSR count). The van der Waals surface area contributed by atoms with Gasteiger partial charge in [0.2, 0.25) is 5.91 Å². The molecule has 0 aliphatic rings. The number of hydrogen-bond acceptors (Lipinski definition) is 2. The van der Waals surface area contributed by atoms with E-state index in [2.05, 4.69) is 42.2 Å². The van der Waals surface area contributed by atoms with Crippen LogP contribution in [0.15, 0.2) is 21.2 Å². The van der Waals surface area contributed by atoms with Gasteiger partial charge in [-0.15, -0.1) is 0 Å². The van der Waals surface area contributed by atoms with Gasteiger partial charge in [0.25, 0.3) is 0 Å². The molecule has 0 spiro atoms. The minimum absolute atomic E-state index is 0.0173. The summed E-state index contributed by atoms with van der Waals surface area (Å²) in [6.07, 6.45) is 0.755. The van der Waals surface area contributed by atoms with Crippen LogP contribution in [0.3, 0.4) is 0 Å². The molecule has 1 aromatic heterocycles. The van der Waals surface area contributed by atoms with Crippen LogP contribution >= 0.6 is 31.9 Å². The molecule has 2 N–H and O–H groups in total. The lowest BCUT2D eigenvalue weighted by molar-refractivity contribution is -0.118. The van der Waals surface area contributed by atoms with Crippen LogP contribution in [0.4, 0.5) is 0 Å². The highest BCUT2D eigenvalue weighted by Crippen LogP contribution is 2.34. The number of hydrogen-bond donors (Lipinski definition) is 2. The third kappa shape index (κ3) is 3.12. The lowest BCUT2D eigenvalue weighted by atomic mass is 10.1. The third-order valence-electron chi connectivity index (χ3n) is 2.88. The van der Waals surface area contributed by atoms with Gasteiger partial charge in [-0.3, -0.25) is 4.79 Å². The molecule has 6 heteroatoms. The highest BCUT2D eigenvalue weighted by molar-refractivity contribution is 9.10. The number of rotatable bonds is 4. The Bertz CT molecular complexity index is 623. The van der Waals surface area contributed by atoms with Crippen LogP contribution < -0.4 is 10.1 Å². The van der Waals surface area contributed by atoms with Crippen molar-refractivity contribution >= 4 is 48.7 Å². The fourth-order valence-corrected chi connectivity index (χ4v) is 3.11. The Morgan fingerprint density at radius 1 is 1.42 bits per heavy atom. The van der Waals surface area contributed by atoms with Crippen molar-refractivity contribution in [2.45, 2.75) is 13.3 Å². The number of carbonyl (C=O) groups excluding carboxylic acids is 1. The standard InChI is InChI=1S/C13H14Br2N2O2/c1-7(18)16-4-3-8-9-5-12(19-2)10(14)6-11(9)17-13(8)15/h5-6,17H,3-4H2,1-2H3,(H,16,18). The van der Waals surface area contributed by atoms with Gasteiger partial charge in [-0.05, 0) is 56.0 Å². The zero-order valence-electron chi connectivity index (χ0n) is 10.6. The fourth-order valence-electron chi connectivity index (χ4n) is 1.98. The summed E-state index contributed by atoms with van der Waals surface area (Å²) in [4.78, 5) is 14.2. The van der Waals surface area contributed by atoms with Gasteiger partial charge in [0, 0.05) is 24.4 Å². The first-order valence-corrected chi connectivity index (χ1v) is 7.39. The van der Waals surface area contributed by atoms with Gasteiger partial charge in [-0.2, -0.15) is 0 Å². The van der Waals surface area contributed by atoms with Crippen molar-refractivity contribution in [3.8, 4) is 5.75 Å². The molecule has 0 fully saturated rings. The molecule has 0 saturated heterocycles. The molecular formula is C13H14Br2N2O2. The molecule has 4 nitrogen and oxygen atoms in total. The summed E-state index contributed by atoms with van der Waals surface area (Å²) in [5.41, 5.74) is 2.16. The Labute approximate surface area is 128 Å². The lowest BCUT2D eigenvalue weighted by Gasteiger charge is -2.05. The Hall–Kier alpha value is -1.01. The first-order chi connectivity index (χ1) is 9.02. The van der Waals surface area contributed by atoms with Crippen LogP contribution in [0, 0.1) is 0 Å². The summed E-state index contributed by atoms with van der Waals surface area (Å²) in [6, 6.07) is 3.98. The van der Waals surface area contributed by atoms with Crippen molar-refractivity contribution in [1.82, 2.24) is 10.3 Å². The van der Waals surface area contributed by atoms with Crippen LogP contribution in [0.25, 0.3) is 10.9 Å². The Kier molecular flexibility index (Phi) is 4.52. The summed E-state index contributed by atoms with van der Waals surface area (Å²) in [5, 5.41) is 3.90. The van der Waals surface area contributed by atoms with Crippen LogP contribution in [0.1, 0.15) is 12.5 Å². The molecular weight excluding hydrogens is 376 g/mol. The van der Waals surface area contributed by atoms with E-state index < -0.39 is 0 Å². The van der Waals surface area contributed by atoms with Crippen LogP contribution in [-0.2, 0) is 11.2 Å². The summed E-state index contributed by atoms with van der Waals surface area (Å²) in [5.74, 6) is 0.774. The van der Waals surface area contributed by atoms with E-state index in [1.165, 1.54) is 6.92 Å². The molecule has 0 bridgehead atoms. The summed E-state index contributed by atoms with van der Waals surface area (Å²) in [7, 11) is 1.64.